The predicted octanol–water partition coefficient (Wildman–Crippen LogP) is 0.947. The van der Waals surface area contributed by atoms with Gasteiger partial charge in [0.1, 0.15) is 5.54 Å². The van der Waals surface area contributed by atoms with Gasteiger partial charge in [0.15, 0.2) is 0 Å². The fraction of sp³-hybridized carbons (Fsp3) is 0.800. The third kappa shape index (κ3) is 2.84. The Morgan fingerprint density at radius 3 is 2.27 bits per heavy atom. The lowest BCUT2D eigenvalue weighted by Crippen LogP contribution is -2.57. The topological polar surface area (TPSA) is 78.4 Å². The summed E-state index contributed by atoms with van der Waals surface area (Å²) in [6.07, 6.45) is 2.09. The summed E-state index contributed by atoms with van der Waals surface area (Å²) in [5.74, 6) is -0.553. The molecular formula is C10H18N2O3. The van der Waals surface area contributed by atoms with Crippen molar-refractivity contribution in [3.05, 3.63) is 0 Å². The molecule has 0 aromatic heterocycles. The first-order valence-corrected chi connectivity index (χ1v) is 5.15. The van der Waals surface area contributed by atoms with Crippen LogP contribution in [0.25, 0.3) is 0 Å². The van der Waals surface area contributed by atoms with E-state index in [-0.39, 0.29) is 6.04 Å². The van der Waals surface area contributed by atoms with E-state index in [4.69, 9.17) is 5.11 Å². The van der Waals surface area contributed by atoms with Crippen LogP contribution in [-0.2, 0) is 4.79 Å². The molecule has 5 heteroatoms. The molecule has 3 N–H and O–H groups in total. The van der Waals surface area contributed by atoms with Gasteiger partial charge in [-0.2, -0.15) is 0 Å². The van der Waals surface area contributed by atoms with E-state index >= 15 is 0 Å². The summed E-state index contributed by atoms with van der Waals surface area (Å²) in [4.78, 5) is 22.2. The maximum absolute atomic E-state index is 11.4. The van der Waals surface area contributed by atoms with Crippen LogP contribution in [0.2, 0.25) is 0 Å². The van der Waals surface area contributed by atoms with Crippen LogP contribution in [0, 0.1) is 5.92 Å². The molecule has 0 aliphatic heterocycles. The minimum absolute atomic E-state index is 0.189. The van der Waals surface area contributed by atoms with Gasteiger partial charge in [0.05, 0.1) is 0 Å². The van der Waals surface area contributed by atoms with Crippen LogP contribution in [0.4, 0.5) is 4.79 Å². The molecule has 15 heavy (non-hydrogen) atoms. The van der Waals surface area contributed by atoms with Crippen molar-refractivity contribution in [2.75, 3.05) is 0 Å². The Balaban J connectivity index is 2.39. The first-order valence-electron chi connectivity index (χ1n) is 5.15. The van der Waals surface area contributed by atoms with Gasteiger partial charge in [-0.25, -0.2) is 9.59 Å². The van der Waals surface area contributed by atoms with E-state index in [1.807, 2.05) is 0 Å². The van der Waals surface area contributed by atoms with Crippen LogP contribution in [-0.4, -0.2) is 28.7 Å². The highest BCUT2D eigenvalue weighted by molar-refractivity contribution is 5.85. The molecule has 0 aromatic rings. The molecule has 0 spiro atoms. The van der Waals surface area contributed by atoms with Crippen molar-refractivity contribution in [1.82, 2.24) is 10.6 Å². The zero-order valence-electron chi connectivity index (χ0n) is 9.33. The fourth-order valence-electron chi connectivity index (χ4n) is 1.42. The molecule has 0 saturated heterocycles. The molecule has 0 bridgehead atoms. The Morgan fingerprint density at radius 1 is 1.33 bits per heavy atom. The van der Waals surface area contributed by atoms with Crippen molar-refractivity contribution in [3.8, 4) is 0 Å². The normalized spacial score (nSPS) is 25.3. The number of amides is 2. The largest absolute Gasteiger partial charge is 0.480 e. The number of urea groups is 1. The lowest BCUT2D eigenvalue weighted by atomic mass is 9.81. The second kappa shape index (κ2) is 4.08. The van der Waals surface area contributed by atoms with Crippen LogP contribution in [0.1, 0.15) is 33.6 Å². The Kier molecular flexibility index (Phi) is 3.21. The molecule has 0 radical (unpaired) electrons. The number of rotatable bonds is 3. The molecule has 5 nitrogen and oxygen atoms in total. The van der Waals surface area contributed by atoms with Gasteiger partial charge >= 0.3 is 12.0 Å². The SMILES string of the molecule is CC1CCC1NC(=O)NC(C)(C)C(=O)O. The molecule has 2 amide bonds. The number of carboxylic acid groups (broad SMARTS) is 1. The quantitative estimate of drug-likeness (QED) is 0.654. The van der Waals surface area contributed by atoms with Gasteiger partial charge in [-0.15, -0.1) is 0 Å². The van der Waals surface area contributed by atoms with E-state index in [9.17, 15) is 9.59 Å². The number of carbonyl (C=O) groups is 2. The van der Waals surface area contributed by atoms with E-state index in [1.165, 1.54) is 13.8 Å². The van der Waals surface area contributed by atoms with E-state index in [1.54, 1.807) is 0 Å². The summed E-state index contributed by atoms with van der Waals surface area (Å²) in [6, 6.07) is -0.214. The monoisotopic (exact) mass is 214 g/mol. The van der Waals surface area contributed by atoms with Crippen LogP contribution in [0.5, 0.6) is 0 Å². The number of carboxylic acids is 1. The summed E-state index contributed by atoms with van der Waals surface area (Å²) in [5, 5.41) is 14.0. The molecule has 1 saturated carbocycles. The zero-order valence-corrected chi connectivity index (χ0v) is 9.33. The number of aliphatic carboxylic acids is 1. The third-order valence-corrected chi connectivity index (χ3v) is 2.90. The van der Waals surface area contributed by atoms with Crippen molar-refractivity contribution in [2.45, 2.75) is 45.2 Å². The number of nitrogens with one attached hydrogen (secondary N) is 2. The maximum Gasteiger partial charge on any atom is 0.328 e. The van der Waals surface area contributed by atoms with Crippen LogP contribution >= 0.6 is 0 Å². The second-order valence-corrected chi connectivity index (χ2v) is 4.69. The highest BCUT2D eigenvalue weighted by Crippen LogP contribution is 2.26. The number of hydrogen-bond donors (Lipinski definition) is 3. The number of carbonyl (C=O) groups excluding carboxylic acids is 1. The minimum atomic E-state index is -1.23. The second-order valence-electron chi connectivity index (χ2n) is 4.69. The van der Waals surface area contributed by atoms with Gasteiger partial charge < -0.3 is 15.7 Å². The van der Waals surface area contributed by atoms with Crippen LogP contribution < -0.4 is 10.6 Å². The van der Waals surface area contributed by atoms with E-state index < -0.39 is 17.5 Å². The lowest BCUT2D eigenvalue weighted by molar-refractivity contribution is -0.142. The predicted molar refractivity (Wildman–Crippen MR) is 55.6 cm³/mol. The van der Waals surface area contributed by atoms with Gasteiger partial charge in [0.2, 0.25) is 0 Å². The highest BCUT2D eigenvalue weighted by Gasteiger charge is 2.32. The van der Waals surface area contributed by atoms with Gasteiger partial charge in [-0.3, -0.25) is 0 Å². The van der Waals surface area contributed by atoms with E-state index in [2.05, 4.69) is 17.6 Å². The Bertz CT molecular complexity index is 276. The molecule has 1 aliphatic carbocycles. The Labute approximate surface area is 89.2 Å². The highest BCUT2D eigenvalue weighted by atomic mass is 16.4. The third-order valence-electron chi connectivity index (χ3n) is 2.90. The standard InChI is InChI=1S/C10H18N2O3/c1-6-4-5-7(6)11-9(15)12-10(2,3)8(13)14/h6-7H,4-5H2,1-3H3,(H,13,14)(H2,11,12,15). The van der Waals surface area contributed by atoms with Crippen molar-refractivity contribution in [2.24, 2.45) is 5.92 Å². The molecule has 2 unspecified atom stereocenters. The van der Waals surface area contributed by atoms with Crippen LogP contribution in [0.3, 0.4) is 0 Å². The first-order chi connectivity index (χ1) is 6.83. The summed E-state index contributed by atoms with van der Waals surface area (Å²) in [5.41, 5.74) is -1.23. The molecule has 0 heterocycles. The maximum atomic E-state index is 11.4. The van der Waals surface area contributed by atoms with Crippen LogP contribution in [0.15, 0.2) is 0 Å². The summed E-state index contributed by atoms with van der Waals surface area (Å²) in [7, 11) is 0. The Hall–Kier alpha value is -1.26. The molecule has 0 aromatic carbocycles. The van der Waals surface area contributed by atoms with E-state index in [0.717, 1.165) is 12.8 Å². The van der Waals surface area contributed by atoms with Crippen molar-refractivity contribution >= 4 is 12.0 Å². The van der Waals surface area contributed by atoms with Gasteiger partial charge in [0.25, 0.3) is 0 Å². The number of hydrogen-bond acceptors (Lipinski definition) is 2. The van der Waals surface area contributed by atoms with Crippen molar-refractivity contribution < 1.29 is 14.7 Å². The van der Waals surface area contributed by atoms with Gasteiger partial charge in [-0.1, -0.05) is 6.92 Å². The summed E-state index contributed by atoms with van der Waals surface area (Å²) in [6.45, 7) is 4.98. The van der Waals surface area contributed by atoms with Crippen molar-refractivity contribution in [1.29, 1.82) is 0 Å². The fourth-order valence-corrected chi connectivity index (χ4v) is 1.42. The van der Waals surface area contributed by atoms with Crippen molar-refractivity contribution in [3.63, 3.8) is 0 Å². The molecule has 2 atom stereocenters. The molecule has 1 fully saturated rings. The molecule has 1 aliphatic rings. The molecule has 1 rings (SSSR count). The zero-order chi connectivity index (χ0) is 11.6. The smallest absolute Gasteiger partial charge is 0.328 e. The van der Waals surface area contributed by atoms with E-state index in [0.29, 0.717) is 5.92 Å². The average Bonchev–Trinajstić information content (AvgIpc) is 2.11. The minimum Gasteiger partial charge on any atom is -0.480 e. The summed E-state index contributed by atoms with van der Waals surface area (Å²) >= 11 is 0. The molecule has 86 valence electrons. The lowest BCUT2D eigenvalue weighted by Gasteiger charge is -2.35. The Morgan fingerprint density at radius 2 is 1.93 bits per heavy atom. The summed E-state index contributed by atoms with van der Waals surface area (Å²) < 4.78 is 0. The van der Waals surface area contributed by atoms with Gasteiger partial charge in [-0.05, 0) is 32.6 Å². The molecular weight excluding hydrogens is 196 g/mol. The first kappa shape index (κ1) is 11.8. The average molecular weight is 214 g/mol. The van der Waals surface area contributed by atoms with Gasteiger partial charge in [0, 0.05) is 6.04 Å².